The Hall–Kier alpha value is -4.76. The summed E-state index contributed by atoms with van der Waals surface area (Å²) < 4.78 is 12.6. The van der Waals surface area contributed by atoms with E-state index in [-0.39, 0.29) is 23.9 Å². The van der Waals surface area contributed by atoms with Gasteiger partial charge in [0, 0.05) is 22.0 Å². The molecule has 178 valence electrons. The van der Waals surface area contributed by atoms with Crippen LogP contribution in [0.2, 0.25) is 5.02 Å². The molecule has 9 nitrogen and oxygen atoms in total. The maximum absolute atomic E-state index is 13.4. The molecule has 0 aliphatic rings. The number of nitro groups is 1. The predicted molar refractivity (Wildman–Crippen MR) is 138 cm³/mol. The zero-order valence-electron chi connectivity index (χ0n) is 18.6. The Kier molecular flexibility index (Phi) is 6.05. The minimum Gasteiger partial charge on any atom is -0.482 e. The lowest BCUT2D eigenvalue weighted by molar-refractivity contribution is -0.385. The summed E-state index contributed by atoms with van der Waals surface area (Å²) in [6.07, 6.45) is 2.79. The van der Waals surface area contributed by atoms with Gasteiger partial charge in [-0.25, -0.2) is 4.98 Å². The fourth-order valence-corrected chi connectivity index (χ4v) is 3.90. The van der Waals surface area contributed by atoms with Gasteiger partial charge in [-0.3, -0.25) is 14.9 Å². The number of rotatable bonds is 7. The topological polar surface area (TPSA) is 113 Å². The van der Waals surface area contributed by atoms with Crippen LogP contribution in [0.25, 0.3) is 33.5 Å². The van der Waals surface area contributed by atoms with E-state index < -0.39 is 10.5 Å². The van der Waals surface area contributed by atoms with Crippen LogP contribution in [0.3, 0.4) is 0 Å². The normalized spacial score (nSPS) is 11.4. The van der Waals surface area contributed by atoms with E-state index in [9.17, 15) is 14.9 Å². The molecule has 10 heteroatoms. The van der Waals surface area contributed by atoms with Gasteiger partial charge in [-0.2, -0.15) is 9.78 Å². The molecule has 5 aromatic rings. The van der Waals surface area contributed by atoms with E-state index in [1.165, 1.54) is 24.4 Å². The lowest BCUT2D eigenvalue weighted by Crippen LogP contribution is -2.20. The number of aromatic nitrogens is 2. The average molecular weight is 501 g/mol. The molecule has 0 N–H and O–H groups in total. The Morgan fingerprint density at radius 3 is 2.81 bits per heavy atom. The minimum atomic E-state index is -0.551. The molecular formula is C26H17ClN4O5. The summed E-state index contributed by atoms with van der Waals surface area (Å²) >= 11 is 6.11. The number of hydrogen-bond donors (Lipinski definition) is 0. The molecule has 2 heterocycles. The van der Waals surface area contributed by atoms with Crippen molar-refractivity contribution in [2.24, 2.45) is 5.10 Å². The summed E-state index contributed by atoms with van der Waals surface area (Å²) in [7, 11) is 0. The number of para-hydroxylation sites is 2. The van der Waals surface area contributed by atoms with Gasteiger partial charge in [0.2, 0.25) is 11.6 Å². The van der Waals surface area contributed by atoms with E-state index in [1.54, 1.807) is 54.6 Å². The number of benzene rings is 3. The van der Waals surface area contributed by atoms with Crippen molar-refractivity contribution in [3.63, 3.8) is 0 Å². The van der Waals surface area contributed by atoms with Crippen molar-refractivity contribution in [1.29, 1.82) is 0 Å². The van der Waals surface area contributed by atoms with E-state index in [2.05, 4.69) is 16.7 Å². The van der Waals surface area contributed by atoms with Gasteiger partial charge in [0.25, 0.3) is 5.56 Å². The Balaban J connectivity index is 1.71. The summed E-state index contributed by atoms with van der Waals surface area (Å²) in [4.78, 5) is 29.0. The van der Waals surface area contributed by atoms with Gasteiger partial charge >= 0.3 is 5.69 Å². The van der Waals surface area contributed by atoms with E-state index >= 15 is 0 Å². The van der Waals surface area contributed by atoms with Crippen molar-refractivity contribution < 1.29 is 14.1 Å². The Morgan fingerprint density at radius 1 is 1.17 bits per heavy atom. The predicted octanol–water partition coefficient (Wildman–Crippen LogP) is 5.82. The standard InChI is InChI=1S/C26H17ClN4O5/c1-2-12-35-24-16(6-5-9-21(24)31(33)34)15-28-30-25(29-20-8-4-3-7-19(20)26(30)32)23-14-17-13-18(27)10-11-22(17)36-23/h2-11,13-15H,1,12H2. The second kappa shape index (κ2) is 9.47. The SMILES string of the molecule is C=CCOc1c(C=Nn2c(-c3cc4cc(Cl)ccc4o3)nc3ccccc3c2=O)cccc1[N+](=O)[O-]. The summed E-state index contributed by atoms with van der Waals surface area (Å²) in [6, 6.07) is 18.2. The maximum Gasteiger partial charge on any atom is 0.311 e. The molecule has 2 aromatic heterocycles. The molecular weight excluding hydrogens is 484 g/mol. The Bertz CT molecular complexity index is 1740. The summed E-state index contributed by atoms with van der Waals surface area (Å²) in [5.41, 5.74) is 0.649. The largest absolute Gasteiger partial charge is 0.482 e. The Labute approximate surface area is 208 Å². The highest BCUT2D eigenvalue weighted by molar-refractivity contribution is 6.31. The summed E-state index contributed by atoms with van der Waals surface area (Å²) in [5, 5.41) is 17.5. The first kappa shape index (κ1) is 23.0. The number of hydrogen-bond acceptors (Lipinski definition) is 7. The van der Waals surface area contributed by atoms with Gasteiger partial charge in [0.05, 0.1) is 22.0 Å². The highest BCUT2D eigenvalue weighted by Crippen LogP contribution is 2.31. The quantitative estimate of drug-likeness (QED) is 0.120. The molecule has 0 amide bonds. The van der Waals surface area contributed by atoms with E-state index in [0.717, 1.165) is 10.1 Å². The molecule has 5 rings (SSSR count). The molecule has 0 spiro atoms. The molecule has 0 radical (unpaired) electrons. The molecule has 0 aliphatic heterocycles. The zero-order chi connectivity index (χ0) is 25.2. The fraction of sp³-hybridized carbons (Fsp3) is 0.0385. The molecule has 0 bridgehead atoms. The van der Waals surface area contributed by atoms with Crippen molar-refractivity contribution in [3.8, 4) is 17.3 Å². The molecule has 0 atom stereocenters. The van der Waals surface area contributed by atoms with Crippen LogP contribution in [0, 0.1) is 10.1 Å². The number of nitro benzene ring substituents is 1. The smallest absolute Gasteiger partial charge is 0.311 e. The van der Waals surface area contributed by atoms with Crippen LogP contribution >= 0.6 is 11.6 Å². The van der Waals surface area contributed by atoms with Crippen molar-refractivity contribution in [3.05, 3.63) is 110 Å². The lowest BCUT2D eigenvalue weighted by Gasteiger charge is -2.09. The Morgan fingerprint density at radius 2 is 2.00 bits per heavy atom. The van der Waals surface area contributed by atoms with E-state index in [1.807, 2.05) is 0 Å². The van der Waals surface area contributed by atoms with Gasteiger partial charge in [-0.1, -0.05) is 42.5 Å². The third-order valence-corrected chi connectivity index (χ3v) is 5.57. The molecule has 36 heavy (non-hydrogen) atoms. The lowest BCUT2D eigenvalue weighted by atomic mass is 10.2. The number of ether oxygens (including phenoxy) is 1. The summed E-state index contributed by atoms with van der Waals surface area (Å²) in [5.74, 6) is 0.462. The first-order chi connectivity index (χ1) is 17.5. The first-order valence-electron chi connectivity index (χ1n) is 10.7. The van der Waals surface area contributed by atoms with Crippen LogP contribution in [-0.4, -0.2) is 27.4 Å². The highest BCUT2D eigenvalue weighted by Gasteiger charge is 2.20. The van der Waals surface area contributed by atoms with Crippen LogP contribution < -0.4 is 10.3 Å². The van der Waals surface area contributed by atoms with Crippen LogP contribution in [-0.2, 0) is 0 Å². The maximum atomic E-state index is 13.4. The van der Waals surface area contributed by atoms with Gasteiger partial charge in [-0.05, 0) is 42.5 Å². The second-order valence-electron chi connectivity index (χ2n) is 7.66. The van der Waals surface area contributed by atoms with Crippen molar-refractivity contribution in [1.82, 2.24) is 9.66 Å². The first-order valence-corrected chi connectivity index (χ1v) is 11.1. The third kappa shape index (κ3) is 4.23. The number of furan rings is 1. The van der Waals surface area contributed by atoms with Gasteiger partial charge in [0.1, 0.15) is 12.2 Å². The third-order valence-electron chi connectivity index (χ3n) is 5.33. The van der Waals surface area contributed by atoms with Gasteiger partial charge < -0.3 is 9.15 Å². The number of fused-ring (bicyclic) bond motifs is 2. The van der Waals surface area contributed by atoms with Crippen LogP contribution in [0.15, 0.2) is 93.7 Å². The van der Waals surface area contributed by atoms with E-state index in [0.29, 0.717) is 32.8 Å². The van der Waals surface area contributed by atoms with E-state index in [4.69, 9.17) is 20.8 Å². The van der Waals surface area contributed by atoms with Crippen LogP contribution in [0.1, 0.15) is 5.56 Å². The molecule has 0 unspecified atom stereocenters. The highest BCUT2D eigenvalue weighted by atomic mass is 35.5. The number of nitrogens with zero attached hydrogens (tertiary/aromatic N) is 4. The molecule has 0 aliphatic carbocycles. The molecule has 0 fully saturated rings. The van der Waals surface area contributed by atoms with Crippen LogP contribution in [0.5, 0.6) is 5.75 Å². The average Bonchev–Trinajstić information content (AvgIpc) is 3.30. The second-order valence-corrected chi connectivity index (χ2v) is 8.10. The van der Waals surface area contributed by atoms with Crippen molar-refractivity contribution in [2.75, 3.05) is 6.61 Å². The monoisotopic (exact) mass is 500 g/mol. The van der Waals surface area contributed by atoms with Gasteiger partial charge in [-0.15, -0.1) is 0 Å². The van der Waals surface area contributed by atoms with Crippen molar-refractivity contribution >= 4 is 45.4 Å². The molecule has 0 saturated heterocycles. The van der Waals surface area contributed by atoms with Crippen molar-refractivity contribution in [2.45, 2.75) is 0 Å². The minimum absolute atomic E-state index is 0.00729. The molecule has 0 saturated carbocycles. The fourth-order valence-electron chi connectivity index (χ4n) is 3.72. The molecule has 3 aromatic carbocycles. The number of halogens is 1. The zero-order valence-corrected chi connectivity index (χ0v) is 19.4. The van der Waals surface area contributed by atoms with Crippen LogP contribution in [0.4, 0.5) is 5.69 Å². The summed E-state index contributed by atoms with van der Waals surface area (Å²) in [6.45, 7) is 3.63. The van der Waals surface area contributed by atoms with Gasteiger partial charge in [0.15, 0.2) is 5.76 Å².